The quantitative estimate of drug-likeness (QED) is 0.818. The normalized spacial score (nSPS) is 26.4. The molecule has 0 aromatic heterocycles. The van der Waals surface area contributed by atoms with Crippen LogP contribution in [0, 0.1) is 5.92 Å². The topological polar surface area (TPSA) is 89.4 Å². The number of rotatable bonds is 2. The molecule has 0 amide bonds. The summed E-state index contributed by atoms with van der Waals surface area (Å²) in [7, 11) is -3.75. The number of benzene rings is 1. The van der Waals surface area contributed by atoms with Crippen LogP contribution in [0.15, 0.2) is 23.1 Å². The molecule has 2 atom stereocenters. The van der Waals surface area contributed by atoms with E-state index < -0.39 is 10.0 Å². The van der Waals surface area contributed by atoms with Gasteiger partial charge in [-0.1, -0.05) is 12.8 Å². The molecule has 0 spiro atoms. The smallest absolute Gasteiger partial charge is 0.240 e. The van der Waals surface area contributed by atoms with Gasteiger partial charge in [0.25, 0.3) is 0 Å². The summed E-state index contributed by atoms with van der Waals surface area (Å²) in [6.45, 7) is 1.02. The van der Waals surface area contributed by atoms with Crippen LogP contribution in [0.5, 0.6) is 0 Å². The zero-order valence-corrected chi connectivity index (χ0v) is 13.0. The maximum atomic E-state index is 11.5. The minimum absolute atomic E-state index is 0.0171. The lowest BCUT2D eigenvalue weighted by molar-refractivity contribution is 0.244. The summed E-state index contributed by atoms with van der Waals surface area (Å²) in [5.41, 5.74) is 7.16. The molecule has 1 aliphatic heterocycles. The van der Waals surface area contributed by atoms with Crippen molar-refractivity contribution in [1.29, 1.82) is 0 Å². The van der Waals surface area contributed by atoms with E-state index in [0.29, 0.717) is 6.04 Å². The molecule has 0 radical (unpaired) electrons. The summed E-state index contributed by atoms with van der Waals surface area (Å²) in [6, 6.07) is 5.71. The number of nitrogens with zero attached hydrogens (tertiary/aromatic N) is 1. The van der Waals surface area contributed by atoms with Crippen molar-refractivity contribution in [2.75, 3.05) is 17.2 Å². The van der Waals surface area contributed by atoms with Gasteiger partial charge in [-0.3, -0.25) is 0 Å². The highest BCUT2D eigenvalue weighted by molar-refractivity contribution is 7.89. The number of hydrogen-bond acceptors (Lipinski definition) is 4. The van der Waals surface area contributed by atoms with E-state index in [2.05, 4.69) is 4.90 Å². The summed E-state index contributed by atoms with van der Waals surface area (Å²) >= 11 is 0. The number of sulfonamides is 1. The minimum atomic E-state index is -3.75. The molecular formula is C15H23N3O2S. The molecule has 2 fully saturated rings. The zero-order valence-electron chi connectivity index (χ0n) is 12.2. The Morgan fingerprint density at radius 2 is 1.81 bits per heavy atom. The first kappa shape index (κ1) is 14.7. The van der Waals surface area contributed by atoms with Gasteiger partial charge >= 0.3 is 0 Å². The van der Waals surface area contributed by atoms with Crippen LogP contribution in [0.4, 0.5) is 11.4 Å². The summed E-state index contributed by atoms with van der Waals surface area (Å²) in [4.78, 5) is 2.43. The summed E-state index contributed by atoms with van der Waals surface area (Å²) in [6.07, 6.45) is 7.65. The van der Waals surface area contributed by atoms with Crippen LogP contribution in [-0.2, 0) is 10.0 Å². The molecule has 6 heteroatoms. The van der Waals surface area contributed by atoms with Crippen LogP contribution in [0.25, 0.3) is 0 Å². The first-order valence-electron chi connectivity index (χ1n) is 7.66. The molecule has 5 nitrogen and oxygen atoms in total. The van der Waals surface area contributed by atoms with Gasteiger partial charge in [-0.15, -0.1) is 0 Å². The van der Waals surface area contributed by atoms with Crippen molar-refractivity contribution in [3.63, 3.8) is 0 Å². The largest absolute Gasteiger partial charge is 0.398 e. The number of piperidine rings is 1. The second-order valence-electron chi connectivity index (χ2n) is 6.21. The first-order chi connectivity index (χ1) is 9.97. The van der Waals surface area contributed by atoms with E-state index in [1.54, 1.807) is 6.07 Å². The van der Waals surface area contributed by atoms with Crippen molar-refractivity contribution in [3.05, 3.63) is 18.2 Å². The molecule has 0 bridgehead atoms. The van der Waals surface area contributed by atoms with Crippen molar-refractivity contribution in [2.24, 2.45) is 11.1 Å². The Balaban J connectivity index is 1.91. The molecule has 2 unspecified atom stereocenters. The van der Waals surface area contributed by atoms with E-state index >= 15 is 0 Å². The maximum absolute atomic E-state index is 11.5. The van der Waals surface area contributed by atoms with Gasteiger partial charge in [0.1, 0.15) is 4.90 Å². The summed E-state index contributed by atoms with van der Waals surface area (Å²) < 4.78 is 22.9. The number of hydrogen-bond donors (Lipinski definition) is 2. The summed E-state index contributed by atoms with van der Waals surface area (Å²) in [5.74, 6) is 0.770. The fraction of sp³-hybridized carbons (Fsp3) is 0.600. The van der Waals surface area contributed by atoms with Crippen molar-refractivity contribution < 1.29 is 8.42 Å². The van der Waals surface area contributed by atoms with Crippen molar-refractivity contribution in [3.8, 4) is 0 Å². The predicted molar refractivity (Wildman–Crippen MR) is 84.6 cm³/mol. The molecule has 1 saturated carbocycles. The first-order valence-corrected chi connectivity index (χ1v) is 9.20. The molecule has 1 heterocycles. The number of nitrogens with two attached hydrogens (primary N) is 2. The highest BCUT2D eigenvalue weighted by Crippen LogP contribution is 2.38. The van der Waals surface area contributed by atoms with Gasteiger partial charge in [-0.25, -0.2) is 13.6 Å². The molecule has 1 aliphatic carbocycles. The lowest BCUT2D eigenvalue weighted by atomic mass is 9.78. The third-order valence-corrected chi connectivity index (χ3v) is 5.86. The number of fused-ring (bicyclic) bond motifs is 1. The fourth-order valence-electron chi connectivity index (χ4n) is 3.92. The Kier molecular flexibility index (Phi) is 3.84. The molecule has 2 aliphatic rings. The van der Waals surface area contributed by atoms with E-state index in [1.165, 1.54) is 44.6 Å². The molecule has 1 saturated heterocycles. The van der Waals surface area contributed by atoms with Crippen molar-refractivity contribution in [2.45, 2.75) is 49.5 Å². The van der Waals surface area contributed by atoms with Crippen LogP contribution in [0.1, 0.15) is 38.5 Å². The van der Waals surface area contributed by atoms with Gasteiger partial charge in [0.15, 0.2) is 0 Å². The average molecular weight is 309 g/mol. The average Bonchev–Trinajstić information content (AvgIpc) is 2.45. The van der Waals surface area contributed by atoms with E-state index in [0.717, 1.165) is 18.2 Å². The number of anilines is 2. The monoisotopic (exact) mass is 309 g/mol. The van der Waals surface area contributed by atoms with Crippen LogP contribution >= 0.6 is 0 Å². The van der Waals surface area contributed by atoms with Gasteiger partial charge in [0.2, 0.25) is 10.0 Å². The van der Waals surface area contributed by atoms with E-state index in [9.17, 15) is 8.42 Å². The third-order valence-electron chi connectivity index (χ3n) is 4.87. The van der Waals surface area contributed by atoms with E-state index in [-0.39, 0.29) is 10.6 Å². The molecular weight excluding hydrogens is 286 g/mol. The fourth-order valence-corrected chi connectivity index (χ4v) is 4.56. The lowest BCUT2D eigenvalue weighted by Crippen LogP contribution is -2.46. The predicted octanol–water partition coefficient (Wildman–Crippen LogP) is 2.08. The molecule has 4 N–H and O–H groups in total. The molecule has 116 valence electrons. The lowest BCUT2D eigenvalue weighted by Gasteiger charge is -2.45. The van der Waals surface area contributed by atoms with Crippen LogP contribution in [0.3, 0.4) is 0 Å². The van der Waals surface area contributed by atoms with Gasteiger partial charge in [-0.05, 0) is 49.8 Å². The SMILES string of the molecule is Nc1cc(N2CCCC3CCCCC32)ccc1S(N)(=O)=O. The Hall–Kier alpha value is -1.27. The zero-order chi connectivity index (χ0) is 15.0. The summed E-state index contributed by atoms with van der Waals surface area (Å²) in [5, 5.41) is 5.17. The third kappa shape index (κ3) is 2.87. The number of nitrogen functional groups attached to an aromatic ring is 1. The Bertz CT molecular complexity index is 628. The number of primary sulfonamides is 1. The van der Waals surface area contributed by atoms with Crippen LogP contribution in [-0.4, -0.2) is 21.0 Å². The van der Waals surface area contributed by atoms with Gasteiger partial charge < -0.3 is 10.6 Å². The van der Waals surface area contributed by atoms with Crippen LogP contribution < -0.4 is 15.8 Å². The molecule has 1 aromatic rings. The van der Waals surface area contributed by atoms with Gasteiger partial charge in [0.05, 0.1) is 5.69 Å². The van der Waals surface area contributed by atoms with Crippen molar-refractivity contribution in [1.82, 2.24) is 0 Å². The van der Waals surface area contributed by atoms with Gasteiger partial charge in [-0.2, -0.15) is 0 Å². The van der Waals surface area contributed by atoms with Crippen molar-refractivity contribution >= 4 is 21.4 Å². The maximum Gasteiger partial charge on any atom is 0.240 e. The molecule has 1 aromatic carbocycles. The Morgan fingerprint density at radius 3 is 2.52 bits per heavy atom. The Morgan fingerprint density at radius 1 is 1.10 bits per heavy atom. The highest BCUT2D eigenvalue weighted by Gasteiger charge is 2.33. The minimum Gasteiger partial charge on any atom is -0.398 e. The van der Waals surface area contributed by atoms with E-state index in [1.807, 2.05) is 6.07 Å². The molecule has 21 heavy (non-hydrogen) atoms. The second kappa shape index (κ2) is 5.50. The van der Waals surface area contributed by atoms with Crippen LogP contribution in [0.2, 0.25) is 0 Å². The highest BCUT2D eigenvalue weighted by atomic mass is 32.2. The molecule has 3 rings (SSSR count). The van der Waals surface area contributed by atoms with Gasteiger partial charge in [0, 0.05) is 18.3 Å². The Labute approximate surface area is 126 Å². The standard InChI is InChI=1S/C15H23N3O2S/c16-13-10-12(7-8-15(13)21(17,19)20)18-9-3-5-11-4-1-2-6-14(11)18/h7-8,10-11,14H,1-6,9,16H2,(H2,17,19,20). The van der Waals surface area contributed by atoms with E-state index in [4.69, 9.17) is 10.9 Å². The second-order valence-corrected chi connectivity index (χ2v) is 7.74.